The van der Waals surface area contributed by atoms with Gasteiger partial charge in [0.05, 0.1) is 67.4 Å². The van der Waals surface area contributed by atoms with Gasteiger partial charge in [0.1, 0.15) is 17.7 Å². The molecule has 14 nitrogen and oxygen atoms in total. The van der Waals surface area contributed by atoms with Crippen LogP contribution in [0.2, 0.25) is 0 Å². The van der Waals surface area contributed by atoms with Crippen LogP contribution >= 0.6 is 0 Å². The van der Waals surface area contributed by atoms with Crippen molar-refractivity contribution in [2.75, 3.05) is 20.8 Å². The number of hydrogen-bond acceptors (Lipinski definition) is 9. The molecule has 1 saturated heterocycles. The molecule has 3 aromatic heterocycles. The Kier molecular flexibility index (Phi) is 10.6. The number of nitrogens with zero attached hydrogens (tertiary/aromatic N) is 5. The van der Waals surface area contributed by atoms with Crippen molar-refractivity contribution in [2.24, 2.45) is 17.8 Å². The fourth-order valence-corrected chi connectivity index (χ4v) is 8.96. The van der Waals surface area contributed by atoms with Gasteiger partial charge in [0, 0.05) is 32.0 Å². The summed E-state index contributed by atoms with van der Waals surface area (Å²) in [4.78, 5) is 65.8. The van der Waals surface area contributed by atoms with Gasteiger partial charge >= 0.3 is 6.09 Å². The van der Waals surface area contributed by atoms with Gasteiger partial charge in [-0.2, -0.15) is 0 Å². The predicted octanol–water partition coefficient (Wildman–Crippen LogP) is 5.79. The fourth-order valence-electron chi connectivity index (χ4n) is 8.96. The smallest absolute Gasteiger partial charge is 0.407 e. The maximum atomic E-state index is 13.6. The summed E-state index contributed by atoms with van der Waals surface area (Å²) in [5.41, 5.74) is 6.70. The molecule has 8 rings (SSSR count). The number of likely N-dealkylation sites (tertiary alicyclic amines) is 1. The molecule has 1 aliphatic heterocycles. The quantitative estimate of drug-likeness (QED) is 0.123. The summed E-state index contributed by atoms with van der Waals surface area (Å²) in [6.45, 7) is 2.66. The maximum absolute atomic E-state index is 13.6. The minimum absolute atomic E-state index is 0.0686. The van der Waals surface area contributed by atoms with Crippen molar-refractivity contribution >= 4 is 17.9 Å². The van der Waals surface area contributed by atoms with Crippen LogP contribution in [0.4, 0.5) is 4.79 Å². The van der Waals surface area contributed by atoms with Crippen LogP contribution in [0.5, 0.6) is 0 Å². The van der Waals surface area contributed by atoms with Gasteiger partial charge in [-0.05, 0) is 73.1 Å². The van der Waals surface area contributed by atoms with E-state index in [2.05, 4.69) is 84.1 Å². The van der Waals surface area contributed by atoms with Crippen molar-refractivity contribution in [3.8, 4) is 33.6 Å². The van der Waals surface area contributed by atoms with Crippen LogP contribution in [0.15, 0.2) is 79.5 Å². The SMILES string of the molecule is COC(=O)N[C@H](C(=O)N1CCC[C@H]1c1ncc(-c2ccc(-c3ccc(-c4cnc(C5C6CCC(C6)C5C(=O)NCc5cnccn5)[nH]4)cc3)cc2)[nH]1)[C@@H](C)OC. The first kappa shape index (κ1) is 37.1. The number of ether oxygens (including phenoxy) is 2. The zero-order chi connectivity index (χ0) is 38.8. The average molecular weight is 758 g/mol. The minimum Gasteiger partial charge on any atom is -0.453 e. The van der Waals surface area contributed by atoms with E-state index in [4.69, 9.17) is 14.5 Å². The van der Waals surface area contributed by atoms with Gasteiger partial charge in [-0.15, -0.1) is 0 Å². The summed E-state index contributed by atoms with van der Waals surface area (Å²) in [7, 11) is 2.77. The van der Waals surface area contributed by atoms with Crippen LogP contribution in [0.3, 0.4) is 0 Å². The van der Waals surface area contributed by atoms with Crippen LogP contribution in [0.25, 0.3) is 33.6 Å². The lowest BCUT2D eigenvalue weighted by atomic mass is 9.78. The largest absolute Gasteiger partial charge is 0.453 e. The Morgan fingerprint density at radius 2 is 1.46 bits per heavy atom. The summed E-state index contributed by atoms with van der Waals surface area (Å²) in [5.74, 6) is 2.21. The molecule has 3 aliphatic rings. The number of alkyl carbamates (subject to hydrolysis) is 1. The molecule has 2 aliphatic carbocycles. The number of fused-ring (bicyclic) bond motifs is 2. The molecular formula is C42H47N9O5. The normalized spacial score (nSPS) is 22.5. The third-order valence-electron chi connectivity index (χ3n) is 11.9. The first-order valence-electron chi connectivity index (χ1n) is 19.3. The summed E-state index contributed by atoms with van der Waals surface area (Å²) in [6, 6.07) is 15.6. The molecule has 4 heterocycles. The summed E-state index contributed by atoms with van der Waals surface area (Å²) in [6.07, 6.45) is 12.2. The van der Waals surface area contributed by atoms with Crippen LogP contribution < -0.4 is 10.6 Å². The van der Waals surface area contributed by atoms with Crippen molar-refractivity contribution in [3.63, 3.8) is 0 Å². The number of H-pyrrole nitrogens is 2. The molecule has 0 radical (unpaired) electrons. The molecule has 0 spiro atoms. The number of carbonyl (C=O) groups excluding carboxylic acids is 3. The van der Waals surface area contributed by atoms with E-state index < -0.39 is 18.2 Å². The molecular weight excluding hydrogens is 711 g/mol. The number of rotatable bonds is 12. The number of amides is 3. The van der Waals surface area contributed by atoms with E-state index in [-0.39, 0.29) is 29.7 Å². The van der Waals surface area contributed by atoms with E-state index in [9.17, 15) is 14.4 Å². The lowest BCUT2D eigenvalue weighted by Gasteiger charge is -2.30. The standard InChI is InChI=1S/C42H47N9O5/c1-24(55-2)37(50-42(54)56-3)41(53)51-18-4-5-34(51)38-45-22-32(48-38)27-10-6-25(7-11-27)26-8-12-28(13-9-26)33-23-46-39(49-33)35-29-14-15-30(19-29)36(35)40(52)47-21-31-20-43-16-17-44-31/h6-13,16-17,20,22-24,29-30,34-37H,4-5,14-15,18-19,21H2,1-3H3,(H,45,48)(H,46,49)(H,47,52)(H,50,54)/t24-,29?,30?,34+,35?,36?,37+/m1/s1. The van der Waals surface area contributed by atoms with Crippen molar-refractivity contribution in [1.82, 2.24) is 45.4 Å². The molecule has 4 unspecified atom stereocenters. The van der Waals surface area contributed by atoms with E-state index >= 15 is 0 Å². The molecule has 4 N–H and O–H groups in total. The molecule has 56 heavy (non-hydrogen) atoms. The van der Waals surface area contributed by atoms with E-state index in [1.54, 1.807) is 36.6 Å². The van der Waals surface area contributed by atoms with Gasteiger partial charge in [-0.25, -0.2) is 14.8 Å². The van der Waals surface area contributed by atoms with Crippen LogP contribution in [-0.4, -0.2) is 85.6 Å². The Labute approximate surface area is 325 Å². The third-order valence-corrected chi connectivity index (χ3v) is 11.9. The Balaban J connectivity index is 0.918. The van der Waals surface area contributed by atoms with Gasteiger partial charge in [0.2, 0.25) is 11.8 Å². The van der Waals surface area contributed by atoms with E-state index in [1.165, 1.54) is 14.2 Å². The molecule has 14 heteroatoms. The summed E-state index contributed by atoms with van der Waals surface area (Å²) >= 11 is 0. The Bertz CT molecular complexity index is 2150. The minimum atomic E-state index is -0.886. The Morgan fingerprint density at radius 3 is 2.11 bits per heavy atom. The Morgan fingerprint density at radius 1 is 0.821 bits per heavy atom. The number of methoxy groups -OCH3 is 2. The van der Waals surface area contributed by atoms with Gasteiger partial charge in [0.25, 0.3) is 0 Å². The van der Waals surface area contributed by atoms with E-state index in [0.29, 0.717) is 30.7 Å². The molecule has 5 aromatic rings. The topological polar surface area (TPSA) is 180 Å². The zero-order valence-corrected chi connectivity index (χ0v) is 31.8. The first-order valence-corrected chi connectivity index (χ1v) is 19.3. The number of aromatic amines is 2. The number of hydrogen-bond donors (Lipinski definition) is 4. The molecule has 2 bridgehead atoms. The van der Waals surface area contributed by atoms with Crippen molar-refractivity contribution in [3.05, 3.63) is 96.9 Å². The number of carbonyl (C=O) groups is 3. The van der Waals surface area contributed by atoms with Crippen LogP contribution in [0, 0.1) is 17.8 Å². The highest BCUT2D eigenvalue weighted by molar-refractivity contribution is 5.87. The maximum Gasteiger partial charge on any atom is 0.407 e. The van der Waals surface area contributed by atoms with Gasteiger partial charge in [0.15, 0.2) is 0 Å². The number of nitrogens with one attached hydrogen (secondary N) is 4. The highest BCUT2D eigenvalue weighted by Gasteiger charge is 2.52. The number of aromatic nitrogens is 6. The van der Waals surface area contributed by atoms with Gasteiger partial charge in [-0.1, -0.05) is 48.5 Å². The Hall–Kier alpha value is -5.89. The zero-order valence-electron chi connectivity index (χ0n) is 31.8. The highest BCUT2D eigenvalue weighted by atomic mass is 16.5. The molecule has 3 amide bonds. The number of benzene rings is 2. The second kappa shape index (κ2) is 16.1. The fraction of sp³-hybridized carbons (Fsp3) is 0.405. The van der Waals surface area contributed by atoms with Crippen molar-refractivity contribution in [1.29, 1.82) is 0 Å². The van der Waals surface area contributed by atoms with Crippen molar-refractivity contribution < 1.29 is 23.9 Å². The summed E-state index contributed by atoms with van der Waals surface area (Å²) < 4.78 is 10.2. The average Bonchev–Trinajstić information content (AvgIpc) is 4.10. The molecule has 7 atom stereocenters. The first-order chi connectivity index (χ1) is 27.3. The van der Waals surface area contributed by atoms with E-state index in [0.717, 1.165) is 77.3 Å². The van der Waals surface area contributed by atoms with Gasteiger partial charge in [-0.3, -0.25) is 19.6 Å². The number of imidazole rings is 2. The lowest BCUT2D eigenvalue weighted by molar-refractivity contribution is -0.137. The predicted molar refractivity (Wildman–Crippen MR) is 207 cm³/mol. The summed E-state index contributed by atoms with van der Waals surface area (Å²) in [5, 5.41) is 5.74. The molecule has 3 fully saturated rings. The second-order valence-electron chi connectivity index (χ2n) is 15.1. The molecule has 2 saturated carbocycles. The second-order valence-corrected chi connectivity index (χ2v) is 15.1. The monoisotopic (exact) mass is 757 g/mol. The highest BCUT2D eigenvalue weighted by Crippen LogP contribution is 2.56. The third kappa shape index (κ3) is 7.40. The van der Waals surface area contributed by atoms with Crippen LogP contribution in [0.1, 0.15) is 68.3 Å². The molecule has 290 valence electrons. The van der Waals surface area contributed by atoms with Crippen LogP contribution in [-0.2, 0) is 25.6 Å². The van der Waals surface area contributed by atoms with Gasteiger partial charge < -0.3 is 35.0 Å². The molecule has 2 aromatic carbocycles. The van der Waals surface area contributed by atoms with E-state index in [1.807, 2.05) is 6.20 Å². The lowest BCUT2D eigenvalue weighted by Crippen LogP contribution is -2.54. The van der Waals surface area contributed by atoms with Crippen molar-refractivity contribution in [2.45, 2.75) is 69.7 Å².